The summed E-state index contributed by atoms with van der Waals surface area (Å²) in [6.45, 7) is 7.47. The Labute approximate surface area is 171 Å². The number of nitrogens with zero attached hydrogens (tertiary/aromatic N) is 1. The van der Waals surface area contributed by atoms with Gasteiger partial charge in [0, 0.05) is 18.7 Å². The molecule has 2 aromatic rings. The van der Waals surface area contributed by atoms with E-state index < -0.39 is 21.7 Å². The number of hydrogen-bond acceptors (Lipinski definition) is 5. The molecule has 0 aliphatic carbocycles. The van der Waals surface area contributed by atoms with Gasteiger partial charge in [-0.15, -0.1) is 0 Å². The molecular formula is C21H27N3O4S. The number of fused-ring (bicyclic) bond motifs is 1. The SMILES string of the molecule is Cc1ccc(NS(=O)(=O)N2C(=O)CCc3ccc(NCC(C)(C)O)cc32)cc1C. The van der Waals surface area contributed by atoms with E-state index in [4.69, 9.17) is 0 Å². The molecular weight excluding hydrogens is 390 g/mol. The number of aliphatic hydroxyl groups is 1. The second kappa shape index (κ2) is 7.68. The lowest BCUT2D eigenvalue weighted by Crippen LogP contribution is -2.43. The van der Waals surface area contributed by atoms with Gasteiger partial charge >= 0.3 is 10.2 Å². The van der Waals surface area contributed by atoms with Crippen LogP contribution in [0.25, 0.3) is 0 Å². The molecule has 1 heterocycles. The first-order valence-corrected chi connectivity index (χ1v) is 10.9. The number of aryl methyl sites for hydroxylation is 3. The van der Waals surface area contributed by atoms with Crippen LogP contribution in [-0.4, -0.2) is 31.6 Å². The van der Waals surface area contributed by atoms with Gasteiger partial charge in [-0.25, -0.2) is 0 Å². The number of benzene rings is 2. The maximum absolute atomic E-state index is 13.1. The van der Waals surface area contributed by atoms with Crippen molar-refractivity contribution in [3.05, 3.63) is 53.1 Å². The zero-order chi connectivity index (χ0) is 21.4. The molecule has 0 spiro atoms. The van der Waals surface area contributed by atoms with Gasteiger partial charge in [0.2, 0.25) is 5.91 Å². The van der Waals surface area contributed by atoms with E-state index in [1.165, 1.54) is 0 Å². The zero-order valence-corrected chi connectivity index (χ0v) is 17.9. The number of carbonyl (C=O) groups is 1. The lowest BCUT2D eigenvalue weighted by atomic mass is 10.0. The third-order valence-electron chi connectivity index (χ3n) is 4.86. The van der Waals surface area contributed by atoms with Crippen molar-refractivity contribution in [3.63, 3.8) is 0 Å². The highest BCUT2D eigenvalue weighted by molar-refractivity contribution is 7.94. The summed E-state index contributed by atoms with van der Waals surface area (Å²) in [7, 11) is -4.13. The van der Waals surface area contributed by atoms with Crippen LogP contribution in [-0.2, 0) is 21.4 Å². The van der Waals surface area contributed by atoms with E-state index in [1.54, 1.807) is 32.0 Å². The second-order valence-corrected chi connectivity index (χ2v) is 9.59. The highest BCUT2D eigenvalue weighted by Gasteiger charge is 2.34. The smallest absolute Gasteiger partial charge is 0.330 e. The van der Waals surface area contributed by atoms with Crippen molar-refractivity contribution in [2.45, 2.75) is 46.1 Å². The number of anilines is 3. The third-order valence-corrected chi connectivity index (χ3v) is 6.23. The highest BCUT2D eigenvalue weighted by atomic mass is 32.2. The summed E-state index contributed by atoms with van der Waals surface area (Å²) < 4.78 is 29.5. The number of amides is 1. The van der Waals surface area contributed by atoms with E-state index in [9.17, 15) is 18.3 Å². The maximum atomic E-state index is 13.1. The molecule has 7 nitrogen and oxygen atoms in total. The Balaban J connectivity index is 1.94. The van der Waals surface area contributed by atoms with E-state index in [1.807, 2.05) is 32.0 Å². The first kappa shape index (κ1) is 21.1. The van der Waals surface area contributed by atoms with Crippen molar-refractivity contribution < 1.29 is 18.3 Å². The predicted octanol–water partition coefficient (Wildman–Crippen LogP) is 3.12. The highest BCUT2D eigenvalue weighted by Crippen LogP contribution is 2.33. The molecule has 0 aromatic heterocycles. The maximum Gasteiger partial charge on any atom is 0.330 e. The molecule has 0 fully saturated rings. The average Bonchev–Trinajstić information content (AvgIpc) is 2.61. The molecule has 3 N–H and O–H groups in total. The fourth-order valence-electron chi connectivity index (χ4n) is 3.13. The largest absolute Gasteiger partial charge is 0.389 e. The van der Waals surface area contributed by atoms with Crippen LogP contribution in [0.15, 0.2) is 36.4 Å². The normalized spacial score (nSPS) is 14.5. The van der Waals surface area contributed by atoms with E-state index in [2.05, 4.69) is 10.0 Å². The fourth-order valence-corrected chi connectivity index (χ4v) is 4.44. The van der Waals surface area contributed by atoms with Crippen LogP contribution in [0.5, 0.6) is 0 Å². The van der Waals surface area contributed by atoms with Crippen LogP contribution in [0.1, 0.15) is 37.0 Å². The van der Waals surface area contributed by atoms with Crippen LogP contribution in [0, 0.1) is 13.8 Å². The lowest BCUT2D eigenvalue weighted by Gasteiger charge is -2.29. The summed E-state index contributed by atoms with van der Waals surface area (Å²) in [5.41, 5.74) is 3.23. The third kappa shape index (κ3) is 4.89. The molecule has 29 heavy (non-hydrogen) atoms. The second-order valence-electron chi connectivity index (χ2n) is 8.07. The Morgan fingerprint density at radius 3 is 2.38 bits per heavy atom. The van der Waals surface area contributed by atoms with Gasteiger partial charge in [0.1, 0.15) is 0 Å². The zero-order valence-electron chi connectivity index (χ0n) is 17.1. The monoisotopic (exact) mass is 417 g/mol. The van der Waals surface area contributed by atoms with Crippen LogP contribution >= 0.6 is 0 Å². The molecule has 1 aliphatic heterocycles. The summed E-state index contributed by atoms with van der Waals surface area (Å²) in [4.78, 5) is 12.6. The molecule has 3 rings (SSSR count). The average molecular weight is 418 g/mol. The summed E-state index contributed by atoms with van der Waals surface area (Å²) in [6.07, 6.45) is 0.604. The van der Waals surface area contributed by atoms with Gasteiger partial charge in [0.05, 0.1) is 17.0 Å². The molecule has 1 aliphatic rings. The molecule has 0 saturated heterocycles. The molecule has 8 heteroatoms. The van der Waals surface area contributed by atoms with Gasteiger partial charge in [-0.2, -0.15) is 12.7 Å². The van der Waals surface area contributed by atoms with Gasteiger partial charge in [0.25, 0.3) is 0 Å². The quantitative estimate of drug-likeness (QED) is 0.671. The van der Waals surface area contributed by atoms with Gasteiger partial charge in [0.15, 0.2) is 0 Å². The fraction of sp³-hybridized carbons (Fsp3) is 0.381. The number of carbonyl (C=O) groups excluding carboxylic acids is 1. The van der Waals surface area contributed by atoms with Gasteiger partial charge in [-0.05, 0) is 75.1 Å². The molecule has 0 bridgehead atoms. The molecule has 0 radical (unpaired) electrons. The Hall–Kier alpha value is -2.58. The minimum Gasteiger partial charge on any atom is -0.389 e. The van der Waals surface area contributed by atoms with Crippen LogP contribution in [0.2, 0.25) is 0 Å². The molecule has 2 aromatic carbocycles. The minimum atomic E-state index is -4.13. The first-order valence-electron chi connectivity index (χ1n) is 9.49. The van der Waals surface area contributed by atoms with Crippen LogP contribution < -0.4 is 14.3 Å². The van der Waals surface area contributed by atoms with Crippen molar-refractivity contribution in [2.24, 2.45) is 0 Å². The van der Waals surface area contributed by atoms with Gasteiger partial charge in [-0.1, -0.05) is 12.1 Å². The summed E-state index contributed by atoms with van der Waals surface area (Å²) in [5.74, 6) is -0.478. The molecule has 156 valence electrons. The minimum absolute atomic E-state index is 0.122. The Morgan fingerprint density at radius 1 is 1.03 bits per heavy atom. The first-order chi connectivity index (χ1) is 13.5. The van der Waals surface area contributed by atoms with Gasteiger partial charge < -0.3 is 10.4 Å². The van der Waals surface area contributed by atoms with E-state index in [0.717, 1.165) is 21.0 Å². The molecule has 0 unspecified atom stereocenters. The summed E-state index contributed by atoms with van der Waals surface area (Å²) in [5, 5.41) is 13.0. The van der Waals surface area contributed by atoms with E-state index in [-0.39, 0.29) is 13.0 Å². The van der Waals surface area contributed by atoms with Crippen LogP contribution in [0.4, 0.5) is 17.1 Å². The molecule has 0 saturated carbocycles. The standard InChI is InChI=1S/C21H27N3O4S/c1-14-5-8-18(11-15(14)2)23-29(27,28)24-19-12-17(22-13-21(3,4)26)9-6-16(19)7-10-20(24)25/h5-6,8-9,11-12,22-23,26H,7,10,13H2,1-4H3. The van der Waals surface area contributed by atoms with Crippen molar-refractivity contribution in [2.75, 3.05) is 20.9 Å². The molecule has 1 amide bonds. The Bertz CT molecular complexity index is 1040. The summed E-state index contributed by atoms with van der Waals surface area (Å²) in [6, 6.07) is 10.5. The predicted molar refractivity (Wildman–Crippen MR) is 115 cm³/mol. The van der Waals surface area contributed by atoms with E-state index in [0.29, 0.717) is 23.5 Å². The van der Waals surface area contributed by atoms with Crippen molar-refractivity contribution in [1.82, 2.24) is 0 Å². The van der Waals surface area contributed by atoms with Gasteiger partial charge in [-0.3, -0.25) is 9.52 Å². The lowest BCUT2D eigenvalue weighted by molar-refractivity contribution is -0.117. The van der Waals surface area contributed by atoms with Crippen molar-refractivity contribution >= 4 is 33.2 Å². The van der Waals surface area contributed by atoms with Crippen LogP contribution in [0.3, 0.4) is 0 Å². The Kier molecular flexibility index (Phi) is 5.60. The molecule has 0 atom stereocenters. The Morgan fingerprint density at radius 2 is 1.72 bits per heavy atom. The number of hydrogen-bond donors (Lipinski definition) is 3. The van der Waals surface area contributed by atoms with E-state index >= 15 is 0 Å². The van der Waals surface area contributed by atoms with Crippen molar-refractivity contribution in [1.29, 1.82) is 0 Å². The number of nitrogens with one attached hydrogen (secondary N) is 2. The summed E-state index contributed by atoms with van der Waals surface area (Å²) >= 11 is 0. The van der Waals surface area contributed by atoms with Crippen molar-refractivity contribution in [3.8, 4) is 0 Å². The number of rotatable bonds is 6. The topological polar surface area (TPSA) is 98.7 Å².